The van der Waals surface area contributed by atoms with Crippen LogP contribution in [0.5, 0.6) is 11.5 Å². The number of nitrogens with zero attached hydrogens (tertiary/aromatic N) is 1. The zero-order valence-electron chi connectivity index (χ0n) is 13.4. The second kappa shape index (κ2) is 5.86. The first-order chi connectivity index (χ1) is 12.7. The first-order valence-electron chi connectivity index (χ1n) is 7.99. The molecule has 5 rings (SSSR count). The lowest BCUT2D eigenvalue weighted by Crippen LogP contribution is -2.38. The Morgan fingerprint density at radius 2 is 1.88 bits per heavy atom. The molecule has 26 heavy (non-hydrogen) atoms. The number of carbonyl (C=O) groups excluding carboxylic acids is 1. The van der Waals surface area contributed by atoms with Gasteiger partial charge in [-0.25, -0.2) is 0 Å². The molecule has 1 aromatic heterocycles. The molecule has 2 aromatic carbocycles. The number of thiazole rings is 1. The van der Waals surface area contributed by atoms with Crippen LogP contribution in [0.25, 0.3) is 5.69 Å². The second-order valence-corrected chi connectivity index (χ2v) is 7.52. The monoisotopic (exact) mass is 383 g/mol. The maximum absolute atomic E-state index is 12.6. The fourth-order valence-electron chi connectivity index (χ4n) is 3.10. The van der Waals surface area contributed by atoms with E-state index >= 15 is 0 Å². The predicted molar refractivity (Wildman–Crippen MR) is 101 cm³/mol. The van der Waals surface area contributed by atoms with E-state index in [1.807, 2.05) is 53.1 Å². The molecule has 0 unspecified atom stereocenters. The number of benzene rings is 2. The van der Waals surface area contributed by atoms with Crippen molar-refractivity contribution < 1.29 is 14.3 Å². The van der Waals surface area contributed by atoms with Crippen LogP contribution in [-0.4, -0.2) is 17.3 Å². The van der Waals surface area contributed by atoms with Gasteiger partial charge in [-0.1, -0.05) is 35.6 Å². The molecule has 0 saturated carbocycles. The molecular formula is C18H13N3O3S2. The number of carbonyl (C=O) groups is 1. The average molecular weight is 383 g/mol. The summed E-state index contributed by atoms with van der Waals surface area (Å²) in [6.45, 7) is 0.214. The molecule has 2 aliphatic rings. The van der Waals surface area contributed by atoms with Crippen molar-refractivity contribution >= 4 is 35.3 Å². The highest BCUT2D eigenvalue weighted by atomic mass is 32.1. The lowest BCUT2D eigenvalue weighted by Gasteiger charge is -2.27. The number of aromatic nitrogens is 1. The summed E-state index contributed by atoms with van der Waals surface area (Å²) in [4.78, 5) is 13.2. The number of nitrogens with one attached hydrogen (secondary N) is 2. The second-order valence-electron chi connectivity index (χ2n) is 5.88. The lowest BCUT2D eigenvalue weighted by molar-refractivity contribution is 0.0939. The van der Waals surface area contributed by atoms with Gasteiger partial charge in [0, 0.05) is 5.69 Å². The molecule has 0 bridgehead atoms. The van der Waals surface area contributed by atoms with E-state index in [9.17, 15) is 4.79 Å². The predicted octanol–water partition coefficient (Wildman–Crippen LogP) is 3.85. The number of anilines is 1. The Labute approximate surface area is 158 Å². The summed E-state index contributed by atoms with van der Waals surface area (Å²) >= 11 is 6.80. The molecule has 0 saturated heterocycles. The molecule has 2 aliphatic heterocycles. The van der Waals surface area contributed by atoms with Gasteiger partial charge in [-0.3, -0.25) is 9.36 Å². The van der Waals surface area contributed by atoms with Crippen LogP contribution in [0.3, 0.4) is 0 Å². The summed E-state index contributed by atoms with van der Waals surface area (Å²) in [5.74, 6) is 1.94. The van der Waals surface area contributed by atoms with Gasteiger partial charge in [0.25, 0.3) is 5.91 Å². The van der Waals surface area contributed by atoms with Crippen LogP contribution < -0.4 is 20.1 Å². The maximum Gasteiger partial charge on any atom is 0.267 e. The first kappa shape index (κ1) is 15.4. The van der Waals surface area contributed by atoms with Gasteiger partial charge < -0.3 is 20.1 Å². The van der Waals surface area contributed by atoms with E-state index in [1.54, 1.807) is 0 Å². The van der Waals surface area contributed by atoms with Gasteiger partial charge in [-0.15, -0.1) is 0 Å². The summed E-state index contributed by atoms with van der Waals surface area (Å²) in [5.41, 5.74) is 1.80. The minimum Gasteiger partial charge on any atom is -0.454 e. The minimum absolute atomic E-state index is 0.146. The Hall–Kier alpha value is -2.84. The van der Waals surface area contributed by atoms with Crippen LogP contribution >= 0.6 is 23.6 Å². The molecule has 130 valence electrons. The molecule has 1 atom stereocenters. The summed E-state index contributed by atoms with van der Waals surface area (Å²) in [6.07, 6.45) is -0.386. The van der Waals surface area contributed by atoms with E-state index in [2.05, 4.69) is 10.6 Å². The van der Waals surface area contributed by atoms with Gasteiger partial charge in [-0.05, 0) is 42.0 Å². The average Bonchev–Trinajstić information content (AvgIpc) is 3.25. The van der Waals surface area contributed by atoms with Gasteiger partial charge in [0.15, 0.2) is 15.5 Å². The Balaban J connectivity index is 1.58. The molecule has 3 aromatic rings. The molecule has 3 heterocycles. The smallest absolute Gasteiger partial charge is 0.267 e. The third kappa shape index (κ3) is 2.38. The van der Waals surface area contributed by atoms with E-state index < -0.39 is 0 Å². The third-order valence-electron chi connectivity index (χ3n) is 4.32. The van der Waals surface area contributed by atoms with Crippen LogP contribution in [0.15, 0.2) is 48.5 Å². The molecule has 0 spiro atoms. The van der Waals surface area contributed by atoms with Crippen molar-refractivity contribution in [3.05, 3.63) is 62.9 Å². The molecule has 1 amide bonds. The van der Waals surface area contributed by atoms with E-state index in [0.717, 1.165) is 11.3 Å². The third-order valence-corrected chi connectivity index (χ3v) is 5.69. The van der Waals surface area contributed by atoms with Crippen molar-refractivity contribution in [2.24, 2.45) is 0 Å². The van der Waals surface area contributed by atoms with E-state index in [-0.39, 0.29) is 18.9 Å². The fourth-order valence-corrected chi connectivity index (χ4v) is 4.41. The zero-order valence-corrected chi connectivity index (χ0v) is 15.0. The van der Waals surface area contributed by atoms with Crippen molar-refractivity contribution in [1.82, 2.24) is 9.88 Å². The van der Waals surface area contributed by atoms with Crippen LogP contribution in [-0.2, 0) is 0 Å². The zero-order chi connectivity index (χ0) is 17.7. The normalized spacial score (nSPS) is 17.4. The highest BCUT2D eigenvalue weighted by Crippen LogP contribution is 2.38. The highest BCUT2D eigenvalue weighted by Gasteiger charge is 2.30. The molecule has 8 heteroatoms. The van der Waals surface area contributed by atoms with Crippen LogP contribution in [0.4, 0.5) is 5.82 Å². The topological polar surface area (TPSA) is 64.5 Å². The Morgan fingerprint density at radius 1 is 1.08 bits per heavy atom. The van der Waals surface area contributed by atoms with E-state index in [4.69, 9.17) is 21.7 Å². The largest absolute Gasteiger partial charge is 0.454 e. The molecule has 2 N–H and O–H groups in total. The summed E-state index contributed by atoms with van der Waals surface area (Å²) in [6, 6.07) is 15.4. The maximum atomic E-state index is 12.6. The standard InChI is InChI=1S/C18H13N3O3S2/c22-17-14-16(21(18(25)26-14)11-4-2-1-3-5-11)19-15(20-17)10-6-7-12-13(8-10)24-9-23-12/h1-8,15,19H,9H2,(H,20,22)/t15-/m0/s1. The first-order valence-corrected chi connectivity index (χ1v) is 9.21. The summed E-state index contributed by atoms with van der Waals surface area (Å²) in [5, 5.41) is 6.38. The van der Waals surface area contributed by atoms with E-state index in [0.29, 0.717) is 26.1 Å². The van der Waals surface area contributed by atoms with Crippen LogP contribution in [0.1, 0.15) is 21.4 Å². The van der Waals surface area contributed by atoms with Crippen molar-refractivity contribution in [3.63, 3.8) is 0 Å². The molecule has 0 radical (unpaired) electrons. The van der Waals surface area contributed by atoms with Gasteiger partial charge in [0.2, 0.25) is 6.79 Å². The van der Waals surface area contributed by atoms with Crippen molar-refractivity contribution in [3.8, 4) is 17.2 Å². The number of hydrogen-bond donors (Lipinski definition) is 2. The van der Waals surface area contributed by atoms with Crippen LogP contribution in [0, 0.1) is 3.95 Å². The summed E-state index contributed by atoms with van der Waals surface area (Å²) < 4.78 is 13.3. The SMILES string of the molecule is O=C1N[C@@H](c2ccc3c(c2)OCO3)Nc2c1sc(=S)n2-c1ccccc1. The lowest BCUT2D eigenvalue weighted by atomic mass is 10.1. The van der Waals surface area contributed by atoms with E-state index in [1.165, 1.54) is 11.3 Å². The molecular weight excluding hydrogens is 370 g/mol. The number of para-hydroxylation sites is 1. The highest BCUT2D eigenvalue weighted by molar-refractivity contribution is 7.73. The Kier molecular flexibility index (Phi) is 3.47. The fraction of sp³-hybridized carbons (Fsp3) is 0.111. The number of ether oxygens (including phenoxy) is 2. The van der Waals surface area contributed by atoms with Gasteiger partial charge >= 0.3 is 0 Å². The van der Waals surface area contributed by atoms with Crippen molar-refractivity contribution in [1.29, 1.82) is 0 Å². The molecule has 6 nitrogen and oxygen atoms in total. The van der Waals surface area contributed by atoms with Crippen LogP contribution in [0.2, 0.25) is 0 Å². The molecule has 0 aliphatic carbocycles. The van der Waals surface area contributed by atoms with Gasteiger partial charge in [0.1, 0.15) is 16.9 Å². The Morgan fingerprint density at radius 3 is 2.73 bits per heavy atom. The number of fused-ring (bicyclic) bond motifs is 2. The van der Waals surface area contributed by atoms with Crippen molar-refractivity contribution in [2.45, 2.75) is 6.17 Å². The minimum atomic E-state index is -0.386. The number of rotatable bonds is 2. The Bertz CT molecular complexity index is 1080. The summed E-state index contributed by atoms with van der Waals surface area (Å²) in [7, 11) is 0. The molecule has 0 fully saturated rings. The van der Waals surface area contributed by atoms with Crippen molar-refractivity contribution in [2.75, 3.05) is 12.1 Å². The quantitative estimate of drug-likeness (QED) is 0.658. The number of hydrogen-bond acceptors (Lipinski definition) is 6. The van der Waals surface area contributed by atoms with Gasteiger partial charge in [-0.2, -0.15) is 0 Å². The van der Waals surface area contributed by atoms with Gasteiger partial charge in [0.05, 0.1) is 0 Å². The number of amides is 1.